The van der Waals surface area contributed by atoms with E-state index in [1.807, 2.05) is 24.4 Å². The molecule has 0 fully saturated rings. The normalized spacial score (nSPS) is 14.2. The van der Waals surface area contributed by atoms with Crippen LogP contribution in [-0.4, -0.2) is 11.8 Å². The van der Waals surface area contributed by atoms with Crippen molar-refractivity contribution in [3.05, 3.63) is 53.3 Å². The topological polar surface area (TPSA) is 43.4 Å². The maximum absolute atomic E-state index is 5.43. The molecule has 1 unspecified atom stereocenters. The Labute approximate surface area is 125 Å². The van der Waals surface area contributed by atoms with Crippen molar-refractivity contribution in [3.8, 4) is 11.5 Å². The van der Waals surface area contributed by atoms with Crippen LogP contribution in [-0.2, 0) is 13.0 Å². The van der Waals surface area contributed by atoms with Gasteiger partial charge in [0.1, 0.15) is 0 Å². The Hall–Kier alpha value is -2.07. The minimum Gasteiger partial charge on any atom is -0.454 e. The minimum atomic E-state index is 0.228. The van der Waals surface area contributed by atoms with Crippen LogP contribution in [0.25, 0.3) is 0 Å². The van der Waals surface area contributed by atoms with Gasteiger partial charge in [0.2, 0.25) is 6.79 Å². The van der Waals surface area contributed by atoms with Crippen molar-refractivity contribution in [2.75, 3.05) is 6.79 Å². The lowest BCUT2D eigenvalue weighted by atomic mass is 10.1. The zero-order valence-corrected chi connectivity index (χ0v) is 12.4. The number of aryl methyl sites for hydroxylation is 1. The third-order valence-corrected chi connectivity index (χ3v) is 3.84. The maximum atomic E-state index is 5.43. The number of nitrogens with zero attached hydrogens (tertiary/aromatic N) is 1. The molecular weight excluding hydrogens is 264 g/mol. The Kier molecular flexibility index (Phi) is 4.06. The van der Waals surface area contributed by atoms with E-state index in [0.717, 1.165) is 30.2 Å². The molecule has 0 bridgehead atoms. The summed E-state index contributed by atoms with van der Waals surface area (Å²) in [6.07, 6.45) is 2.85. The highest BCUT2D eigenvalue weighted by Gasteiger charge is 2.15. The fraction of sp³-hybridized carbons (Fsp3) is 0.353. The summed E-state index contributed by atoms with van der Waals surface area (Å²) in [5.41, 5.74) is 3.60. The van der Waals surface area contributed by atoms with Crippen LogP contribution in [0.1, 0.15) is 36.7 Å². The molecule has 110 valence electrons. The first-order valence-electron chi connectivity index (χ1n) is 7.33. The smallest absolute Gasteiger partial charge is 0.231 e. The Morgan fingerprint density at radius 3 is 2.95 bits per heavy atom. The van der Waals surface area contributed by atoms with Crippen LogP contribution >= 0.6 is 0 Å². The van der Waals surface area contributed by atoms with Crippen molar-refractivity contribution in [1.29, 1.82) is 0 Å². The highest BCUT2D eigenvalue weighted by atomic mass is 16.7. The van der Waals surface area contributed by atoms with Gasteiger partial charge >= 0.3 is 0 Å². The predicted molar refractivity (Wildman–Crippen MR) is 81.4 cm³/mol. The highest BCUT2D eigenvalue weighted by Crippen LogP contribution is 2.34. The molecule has 1 aliphatic heterocycles. The SMILES string of the molecule is CCc1cccnc1CNC(C)c1ccc2c(c1)OCO2. The minimum absolute atomic E-state index is 0.228. The number of pyridine rings is 1. The molecule has 4 nitrogen and oxygen atoms in total. The molecule has 1 N–H and O–H groups in total. The van der Waals surface area contributed by atoms with E-state index in [-0.39, 0.29) is 6.04 Å². The fourth-order valence-corrected chi connectivity index (χ4v) is 2.50. The van der Waals surface area contributed by atoms with Crippen molar-refractivity contribution < 1.29 is 9.47 Å². The standard InChI is InChI=1S/C17H20N2O2/c1-3-13-5-4-8-18-15(13)10-19-12(2)14-6-7-16-17(9-14)21-11-20-16/h4-9,12,19H,3,10-11H2,1-2H3. The molecule has 0 amide bonds. The zero-order chi connectivity index (χ0) is 14.7. The average molecular weight is 284 g/mol. The lowest BCUT2D eigenvalue weighted by Crippen LogP contribution is -2.19. The van der Waals surface area contributed by atoms with Gasteiger partial charge in [0, 0.05) is 18.8 Å². The van der Waals surface area contributed by atoms with E-state index in [0.29, 0.717) is 6.79 Å². The molecule has 1 atom stereocenters. The monoisotopic (exact) mass is 284 g/mol. The van der Waals surface area contributed by atoms with Gasteiger partial charge in [-0.3, -0.25) is 4.98 Å². The van der Waals surface area contributed by atoms with Gasteiger partial charge in [0.05, 0.1) is 5.69 Å². The molecule has 0 spiro atoms. The van der Waals surface area contributed by atoms with Crippen LogP contribution in [0.15, 0.2) is 36.5 Å². The van der Waals surface area contributed by atoms with Crippen molar-refractivity contribution in [3.63, 3.8) is 0 Å². The summed E-state index contributed by atoms with van der Waals surface area (Å²) in [6.45, 7) is 5.38. The first-order chi connectivity index (χ1) is 10.3. The summed E-state index contributed by atoms with van der Waals surface area (Å²) in [6, 6.07) is 10.4. The van der Waals surface area contributed by atoms with Crippen molar-refractivity contribution >= 4 is 0 Å². The van der Waals surface area contributed by atoms with Crippen LogP contribution in [0.5, 0.6) is 11.5 Å². The van der Waals surface area contributed by atoms with Crippen LogP contribution < -0.4 is 14.8 Å². The van der Waals surface area contributed by atoms with Gasteiger partial charge in [0.25, 0.3) is 0 Å². The maximum Gasteiger partial charge on any atom is 0.231 e. The first kappa shape index (κ1) is 13.9. The summed E-state index contributed by atoms with van der Waals surface area (Å²) in [5.74, 6) is 1.65. The number of hydrogen-bond acceptors (Lipinski definition) is 4. The van der Waals surface area contributed by atoms with Gasteiger partial charge in [0.15, 0.2) is 11.5 Å². The van der Waals surface area contributed by atoms with E-state index in [1.54, 1.807) is 0 Å². The third kappa shape index (κ3) is 3.00. The Balaban J connectivity index is 1.67. The quantitative estimate of drug-likeness (QED) is 0.915. The van der Waals surface area contributed by atoms with Crippen LogP contribution in [0.2, 0.25) is 0 Å². The summed E-state index contributed by atoms with van der Waals surface area (Å²) in [7, 11) is 0. The molecule has 0 radical (unpaired) electrons. The summed E-state index contributed by atoms with van der Waals surface area (Å²) < 4.78 is 10.8. The van der Waals surface area contributed by atoms with Gasteiger partial charge in [-0.25, -0.2) is 0 Å². The van der Waals surface area contributed by atoms with E-state index in [2.05, 4.69) is 36.3 Å². The average Bonchev–Trinajstić information content (AvgIpc) is 3.00. The zero-order valence-electron chi connectivity index (χ0n) is 12.4. The number of ether oxygens (including phenoxy) is 2. The molecule has 0 saturated carbocycles. The number of nitrogens with one attached hydrogen (secondary N) is 1. The van der Waals surface area contributed by atoms with E-state index < -0.39 is 0 Å². The van der Waals surface area contributed by atoms with E-state index >= 15 is 0 Å². The molecule has 4 heteroatoms. The Bertz CT molecular complexity index is 628. The number of benzene rings is 1. The van der Waals surface area contributed by atoms with Gasteiger partial charge in [-0.2, -0.15) is 0 Å². The fourth-order valence-electron chi connectivity index (χ4n) is 2.50. The summed E-state index contributed by atoms with van der Waals surface area (Å²) in [4.78, 5) is 4.47. The van der Waals surface area contributed by atoms with Gasteiger partial charge in [-0.1, -0.05) is 19.1 Å². The van der Waals surface area contributed by atoms with Crippen LogP contribution in [0, 0.1) is 0 Å². The van der Waals surface area contributed by atoms with Gasteiger partial charge < -0.3 is 14.8 Å². The van der Waals surface area contributed by atoms with Crippen molar-refractivity contribution in [1.82, 2.24) is 10.3 Å². The number of aromatic nitrogens is 1. The largest absolute Gasteiger partial charge is 0.454 e. The number of hydrogen-bond donors (Lipinski definition) is 1. The van der Waals surface area contributed by atoms with Crippen LogP contribution in [0.4, 0.5) is 0 Å². The molecule has 2 heterocycles. The highest BCUT2D eigenvalue weighted by molar-refractivity contribution is 5.45. The second-order valence-corrected chi connectivity index (χ2v) is 5.18. The lowest BCUT2D eigenvalue weighted by Gasteiger charge is -2.15. The predicted octanol–water partition coefficient (Wildman–Crippen LogP) is 3.22. The molecule has 0 saturated heterocycles. The van der Waals surface area contributed by atoms with Gasteiger partial charge in [-0.05, 0) is 42.7 Å². The number of rotatable bonds is 5. The lowest BCUT2D eigenvalue weighted by molar-refractivity contribution is 0.174. The van der Waals surface area contributed by atoms with Gasteiger partial charge in [-0.15, -0.1) is 0 Å². The van der Waals surface area contributed by atoms with Crippen molar-refractivity contribution in [2.24, 2.45) is 0 Å². The Morgan fingerprint density at radius 2 is 2.10 bits per heavy atom. The molecular formula is C17H20N2O2. The van der Waals surface area contributed by atoms with E-state index in [9.17, 15) is 0 Å². The molecule has 3 rings (SSSR count). The molecule has 1 aromatic carbocycles. The molecule has 1 aromatic heterocycles. The third-order valence-electron chi connectivity index (χ3n) is 3.84. The van der Waals surface area contributed by atoms with E-state index in [1.165, 1.54) is 11.1 Å². The molecule has 0 aliphatic carbocycles. The van der Waals surface area contributed by atoms with Crippen LogP contribution in [0.3, 0.4) is 0 Å². The summed E-state index contributed by atoms with van der Waals surface area (Å²) in [5, 5.41) is 3.52. The first-order valence-corrected chi connectivity index (χ1v) is 7.33. The van der Waals surface area contributed by atoms with Crippen molar-refractivity contribution in [2.45, 2.75) is 32.9 Å². The Morgan fingerprint density at radius 1 is 1.24 bits per heavy atom. The second-order valence-electron chi connectivity index (χ2n) is 5.18. The molecule has 21 heavy (non-hydrogen) atoms. The summed E-state index contributed by atoms with van der Waals surface area (Å²) >= 11 is 0. The number of fused-ring (bicyclic) bond motifs is 1. The molecule has 1 aliphatic rings. The molecule has 2 aromatic rings. The second kappa shape index (κ2) is 6.14. The van der Waals surface area contributed by atoms with E-state index in [4.69, 9.17) is 9.47 Å².